The molecule has 0 atom stereocenters. The van der Waals surface area contributed by atoms with Crippen LogP contribution in [0.1, 0.15) is 22.3 Å². The smallest absolute Gasteiger partial charge is 0.227 e. The van der Waals surface area contributed by atoms with Crippen LogP contribution >= 0.6 is 0 Å². The van der Waals surface area contributed by atoms with Crippen LogP contribution in [0.2, 0.25) is 0 Å². The molecule has 4 aromatic rings. The number of hydrogen-bond acceptors (Lipinski definition) is 3. The van der Waals surface area contributed by atoms with Gasteiger partial charge in [0, 0.05) is 31.9 Å². The van der Waals surface area contributed by atoms with Crippen LogP contribution in [0.25, 0.3) is 0 Å². The zero-order chi connectivity index (χ0) is 24.5. The lowest BCUT2D eigenvalue weighted by atomic mass is 10.1. The summed E-state index contributed by atoms with van der Waals surface area (Å²) in [4.78, 5) is 19.0. The molecule has 1 amide bonds. The van der Waals surface area contributed by atoms with Gasteiger partial charge in [0.2, 0.25) is 5.91 Å². The van der Waals surface area contributed by atoms with Crippen molar-refractivity contribution in [2.75, 3.05) is 6.61 Å². The Balaban J connectivity index is 1.42. The summed E-state index contributed by atoms with van der Waals surface area (Å²) in [5.74, 6) is 0.0641. The van der Waals surface area contributed by atoms with Gasteiger partial charge in [-0.05, 0) is 70.8 Å². The first kappa shape index (κ1) is 24.1. The van der Waals surface area contributed by atoms with Crippen molar-refractivity contribution in [1.82, 2.24) is 9.88 Å². The molecule has 1 heterocycles. The molecule has 4 rings (SSSR count). The van der Waals surface area contributed by atoms with Crippen LogP contribution in [-0.2, 0) is 30.7 Å². The maximum absolute atomic E-state index is 13.3. The predicted molar refractivity (Wildman–Crippen MR) is 131 cm³/mol. The van der Waals surface area contributed by atoms with E-state index in [9.17, 15) is 13.6 Å². The average molecular weight is 473 g/mol. The molecule has 0 saturated carbocycles. The summed E-state index contributed by atoms with van der Waals surface area (Å²) in [5, 5.41) is 0. The summed E-state index contributed by atoms with van der Waals surface area (Å²) < 4.78 is 32.3. The number of rotatable bonds is 10. The number of aromatic nitrogens is 1. The molecule has 0 unspecified atom stereocenters. The minimum atomic E-state index is -0.328. The third kappa shape index (κ3) is 7.47. The highest BCUT2D eigenvalue weighted by Crippen LogP contribution is 2.18. The van der Waals surface area contributed by atoms with Crippen molar-refractivity contribution in [3.63, 3.8) is 0 Å². The topological polar surface area (TPSA) is 42.4 Å². The third-order valence-corrected chi connectivity index (χ3v) is 5.59. The zero-order valence-corrected chi connectivity index (χ0v) is 19.2. The Morgan fingerprint density at radius 3 is 2.06 bits per heavy atom. The van der Waals surface area contributed by atoms with Gasteiger partial charge < -0.3 is 9.64 Å². The van der Waals surface area contributed by atoms with E-state index < -0.39 is 0 Å². The van der Waals surface area contributed by atoms with Crippen molar-refractivity contribution in [3.8, 4) is 5.75 Å². The Morgan fingerprint density at radius 2 is 1.37 bits per heavy atom. The molecule has 0 saturated heterocycles. The Hall–Kier alpha value is -4.06. The van der Waals surface area contributed by atoms with Gasteiger partial charge in [0.05, 0.1) is 13.0 Å². The largest absolute Gasteiger partial charge is 0.493 e. The lowest BCUT2D eigenvalue weighted by molar-refractivity contribution is -0.131. The average Bonchev–Trinajstić information content (AvgIpc) is 2.87. The molecule has 0 aliphatic heterocycles. The molecule has 0 bridgehead atoms. The molecular weight excluding hydrogens is 446 g/mol. The van der Waals surface area contributed by atoms with E-state index in [2.05, 4.69) is 4.98 Å². The van der Waals surface area contributed by atoms with E-state index in [4.69, 9.17) is 4.74 Å². The number of halogens is 2. The number of carbonyl (C=O) groups is 1. The number of amides is 1. The van der Waals surface area contributed by atoms with Crippen LogP contribution in [-0.4, -0.2) is 22.4 Å². The van der Waals surface area contributed by atoms with E-state index in [0.717, 1.165) is 22.3 Å². The number of ether oxygens (including phenoxy) is 1. The first-order valence-corrected chi connectivity index (χ1v) is 11.4. The van der Waals surface area contributed by atoms with Gasteiger partial charge in [-0.3, -0.25) is 9.78 Å². The van der Waals surface area contributed by atoms with Gasteiger partial charge in [-0.25, -0.2) is 8.78 Å². The number of pyridine rings is 1. The van der Waals surface area contributed by atoms with Gasteiger partial charge in [0.1, 0.15) is 17.4 Å². The van der Waals surface area contributed by atoms with Gasteiger partial charge in [-0.1, -0.05) is 36.4 Å². The van der Waals surface area contributed by atoms with Crippen LogP contribution in [0.15, 0.2) is 97.3 Å². The molecule has 6 heteroatoms. The van der Waals surface area contributed by atoms with Gasteiger partial charge in [0.15, 0.2) is 0 Å². The van der Waals surface area contributed by atoms with E-state index in [0.29, 0.717) is 31.9 Å². The molecule has 0 spiro atoms. The second kappa shape index (κ2) is 11.9. The summed E-state index contributed by atoms with van der Waals surface area (Å²) in [6.45, 7) is 1.29. The van der Waals surface area contributed by atoms with Crippen LogP contribution < -0.4 is 4.74 Å². The van der Waals surface area contributed by atoms with Crippen LogP contribution in [0.3, 0.4) is 0 Å². The van der Waals surface area contributed by atoms with E-state index in [1.54, 1.807) is 41.6 Å². The van der Waals surface area contributed by atoms with Crippen molar-refractivity contribution in [2.45, 2.75) is 25.9 Å². The lowest BCUT2D eigenvalue weighted by Crippen LogP contribution is -2.31. The van der Waals surface area contributed by atoms with E-state index in [-0.39, 0.29) is 24.0 Å². The van der Waals surface area contributed by atoms with Gasteiger partial charge in [-0.2, -0.15) is 0 Å². The first-order chi connectivity index (χ1) is 17.0. The quantitative estimate of drug-likeness (QED) is 0.295. The predicted octanol–water partition coefficient (Wildman–Crippen LogP) is 5.75. The molecule has 35 heavy (non-hydrogen) atoms. The van der Waals surface area contributed by atoms with E-state index in [1.165, 1.54) is 24.3 Å². The molecule has 1 aromatic heterocycles. The van der Waals surface area contributed by atoms with Crippen molar-refractivity contribution in [1.29, 1.82) is 0 Å². The van der Waals surface area contributed by atoms with Gasteiger partial charge in [-0.15, -0.1) is 0 Å². The highest BCUT2D eigenvalue weighted by molar-refractivity contribution is 5.78. The summed E-state index contributed by atoms with van der Waals surface area (Å²) in [5.41, 5.74) is 3.66. The molecule has 0 aliphatic carbocycles. The Labute approximate surface area is 203 Å². The van der Waals surface area contributed by atoms with Crippen LogP contribution in [0.5, 0.6) is 5.75 Å². The summed E-state index contributed by atoms with van der Waals surface area (Å²) >= 11 is 0. The Kier molecular flexibility index (Phi) is 8.17. The molecule has 3 aromatic carbocycles. The second-order valence-electron chi connectivity index (χ2n) is 8.28. The molecule has 0 N–H and O–H groups in total. The summed E-state index contributed by atoms with van der Waals surface area (Å²) in [6.07, 6.45) is 4.25. The monoisotopic (exact) mass is 472 g/mol. The maximum atomic E-state index is 13.3. The number of nitrogens with zero attached hydrogens (tertiary/aromatic N) is 2. The SMILES string of the molecule is O=C(Cc1ccc(F)cc1)N(Cc1ccncc1)Cc1cccc(OCCc2ccc(F)cc2)c1. The van der Waals surface area contributed by atoms with Crippen LogP contribution in [0, 0.1) is 11.6 Å². The number of carbonyl (C=O) groups excluding carboxylic acids is 1. The van der Waals surface area contributed by atoms with Crippen molar-refractivity contribution >= 4 is 5.91 Å². The maximum Gasteiger partial charge on any atom is 0.227 e. The highest BCUT2D eigenvalue weighted by Gasteiger charge is 2.16. The number of benzene rings is 3. The fraction of sp³-hybridized carbons (Fsp3) is 0.172. The van der Waals surface area contributed by atoms with Crippen LogP contribution in [0.4, 0.5) is 8.78 Å². The summed E-state index contributed by atoms with van der Waals surface area (Å²) in [6, 6.07) is 23.8. The molecule has 0 fully saturated rings. The molecule has 4 nitrogen and oxygen atoms in total. The van der Waals surface area contributed by atoms with Crippen molar-refractivity contribution in [3.05, 3.63) is 131 Å². The van der Waals surface area contributed by atoms with E-state index in [1.807, 2.05) is 36.4 Å². The number of hydrogen-bond donors (Lipinski definition) is 0. The molecule has 0 aliphatic rings. The summed E-state index contributed by atoms with van der Waals surface area (Å²) in [7, 11) is 0. The van der Waals surface area contributed by atoms with Gasteiger partial charge in [0.25, 0.3) is 0 Å². The standard InChI is InChI=1S/C29H26F2N2O2/c30-26-8-4-22(5-9-26)14-17-35-28-3-1-2-25(18-28)21-33(20-24-12-15-32-16-13-24)29(34)19-23-6-10-27(31)11-7-23/h1-13,15-16,18H,14,17,19-21H2. The van der Waals surface area contributed by atoms with Crippen molar-refractivity contribution in [2.24, 2.45) is 0 Å². The third-order valence-electron chi connectivity index (χ3n) is 5.59. The Morgan fingerprint density at radius 1 is 0.743 bits per heavy atom. The first-order valence-electron chi connectivity index (χ1n) is 11.4. The van der Waals surface area contributed by atoms with Gasteiger partial charge >= 0.3 is 0 Å². The highest BCUT2D eigenvalue weighted by atomic mass is 19.1. The fourth-order valence-electron chi connectivity index (χ4n) is 3.72. The zero-order valence-electron chi connectivity index (χ0n) is 19.2. The fourth-order valence-corrected chi connectivity index (χ4v) is 3.72. The molecule has 0 radical (unpaired) electrons. The molecule has 178 valence electrons. The lowest BCUT2D eigenvalue weighted by Gasteiger charge is -2.23. The molecular formula is C29H26F2N2O2. The van der Waals surface area contributed by atoms with E-state index >= 15 is 0 Å². The Bertz CT molecular complexity index is 1230. The van der Waals surface area contributed by atoms with Crippen molar-refractivity contribution < 1.29 is 18.3 Å². The minimum Gasteiger partial charge on any atom is -0.493 e. The second-order valence-corrected chi connectivity index (χ2v) is 8.28. The minimum absolute atomic E-state index is 0.0592. The normalized spacial score (nSPS) is 10.7.